The van der Waals surface area contributed by atoms with E-state index in [1.54, 1.807) is 37.4 Å². The van der Waals surface area contributed by atoms with Gasteiger partial charge in [-0.3, -0.25) is 14.5 Å². The lowest BCUT2D eigenvalue weighted by molar-refractivity contribution is -0.123. The molecule has 1 aliphatic carbocycles. The van der Waals surface area contributed by atoms with E-state index in [1.807, 2.05) is 24.3 Å². The van der Waals surface area contributed by atoms with E-state index in [0.717, 1.165) is 31.2 Å². The summed E-state index contributed by atoms with van der Waals surface area (Å²) >= 11 is 0. The minimum atomic E-state index is -0.914. The van der Waals surface area contributed by atoms with Crippen molar-refractivity contribution in [1.29, 1.82) is 0 Å². The Balaban J connectivity index is 1.84. The Morgan fingerprint density at radius 3 is 2.19 bits per heavy atom. The predicted octanol–water partition coefficient (Wildman–Crippen LogP) is 5.87. The summed E-state index contributed by atoms with van der Waals surface area (Å²) < 4.78 is 16.4. The number of furan rings is 1. The van der Waals surface area contributed by atoms with Gasteiger partial charge in [-0.1, -0.05) is 51.0 Å². The van der Waals surface area contributed by atoms with Crippen molar-refractivity contribution in [2.75, 3.05) is 19.1 Å². The number of rotatable bonds is 9. The van der Waals surface area contributed by atoms with Crippen molar-refractivity contribution in [3.05, 3.63) is 77.7 Å². The number of hydrogen-bond acceptors (Lipinski definition) is 5. The van der Waals surface area contributed by atoms with Gasteiger partial charge in [0.15, 0.2) is 17.3 Å². The summed E-state index contributed by atoms with van der Waals surface area (Å²) in [6.07, 6.45) is 5.50. The highest BCUT2D eigenvalue weighted by atomic mass is 16.5. The van der Waals surface area contributed by atoms with Gasteiger partial charge in [0.25, 0.3) is 5.91 Å². The summed E-state index contributed by atoms with van der Waals surface area (Å²) in [7, 11) is 3.09. The summed E-state index contributed by atoms with van der Waals surface area (Å²) in [5.41, 5.74) is 2.36. The van der Waals surface area contributed by atoms with Gasteiger partial charge in [-0.2, -0.15) is 0 Å². The second-order valence-corrected chi connectivity index (χ2v) is 9.41. The quantitative estimate of drug-likeness (QED) is 0.406. The SMILES string of the molecule is COc1ccc(N(C(=O)c2ccco2)[C@H](C(=O)NC2CCCC2)c2ccc(C(C)C)cc2)cc1OC. The number of anilines is 1. The third kappa shape index (κ3) is 5.40. The molecule has 4 rings (SSSR count). The van der Waals surface area contributed by atoms with Gasteiger partial charge in [-0.05, 0) is 54.2 Å². The molecule has 0 bridgehead atoms. The molecule has 190 valence electrons. The van der Waals surface area contributed by atoms with Gasteiger partial charge in [0.2, 0.25) is 5.91 Å². The summed E-state index contributed by atoms with van der Waals surface area (Å²) in [6, 6.07) is 15.5. The van der Waals surface area contributed by atoms with Crippen molar-refractivity contribution in [3.8, 4) is 11.5 Å². The van der Waals surface area contributed by atoms with Crippen LogP contribution in [0.25, 0.3) is 0 Å². The minimum absolute atomic E-state index is 0.0981. The third-order valence-electron chi connectivity index (χ3n) is 6.72. The number of nitrogens with one attached hydrogen (secondary N) is 1. The van der Waals surface area contributed by atoms with Crippen LogP contribution in [-0.4, -0.2) is 32.1 Å². The van der Waals surface area contributed by atoms with Crippen LogP contribution in [0.5, 0.6) is 11.5 Å². The van der Waals surface area contributed by atoms with E-state index in [4.69, 9.17) is 13.9 Å². The number of hydrogen-bond donors (Lipinski definition) is 1. The molecule has 0 radical (unpaired) electrons. The highest BCUT2D eigenvalue weighted by Crippen LogP contribution is 2.37. The molecule has 2 amide bonds. The molecular formula is C29H34N2O5. The average Bonchev–Trinajstić information content (AvgIpc) is 3.61. The van der Waals surface area contributed by atoms with Crippen LogP contribution in [-0.2, 0) is 4.79 Å². The van der Waals surface area contributed by atoms with Crippen LogP contribution >= 0.6 is 0 Å². The molecule has 1 heterocycles. The molecule has 36 heavy (non-hydrogen) atoms. The topological polar surface area (TPSA) is 81.0 Å². The fourth-order valence-corrected chi connectivity index (χ4v) is 4.71. The minimum Gasteiger partial charge on any atom is -0.493 e. The molecular weight excluding hydrogens is 456 g/mol. The zero-order chi connectivity index (χ0) is 25.7. The summed E-state index contributed by atoms with van der Waals surface area (Å²) in [5.74, 6) is 0.816. The van der Waals surface area contributed by atoms with Gasteiger partial charge >= 0.3 is 0 Å². The van der Waals surface area contributed by atoms with E-state index >= 15 is 0 Å². The van der Waals surface area contributed by atoms with Crippen LogP contribution in [0.4, 0.5) is 5.69 Å². The van der Waals surface area contributed by atoms with Crippen LogP contribution in [0.15, 0.2) is 65.3 Å². The van der Waals surface area contributed by atoms with Crippen molar-refractivity contribution in [3.63, 3.8) is 0 Å². The van der Waals surface area contributed by atoms with Crippen molar-refractivity contribution < 1.29 is 23.5 Å². The van der Waals surface area contributed by atoms with E-state index in [-0.39, 0.29) is 17.7 Å². The molecule has 0 saturated heterocycles. The molecule has 1 atom stereocenters. The maximum atomic E-state index is 13.9. The molecule has 0 aliphatic heterocycles. The molecule has 1 aromatic heterocycles. The van der Waals surface area contributed by atoms with E-state index in [1.165, 1.54) is 18.3 Å². The molecule has 1 saturated carbocycles. The molecule has 7 heteroatoms. The van der Waals surface area contributed by atoms with Gasteiger partial charge in [-0.25, -0.2) is 0 Å². The number of benzene rings is 2. The normalized spacial score (nSPS) is 14.5. The van der Waals surface area contributed by atoms with Crippen molar-refractivity contribution in [1.82, 2.24) is 5.32 Å². The Kier molecular flexibility index (Phi) is 7.98. The Hall–Kier alpha value is -3.74. The van der Waals surface area contributed by atoms with Crippen molar-refractivity contribution >= 4 is 17.5 Å². The molecule has 1 fully saturated rings. The molecule has 3 aromatic rings. The first-order chi connectivity index (χ1) is 17.4. The number of carbonyl (C=O) groups excluding carboxylic acids is 2. The standard InChI is InChI=1S/C29H34N2O5/c1-19(2)20-11-13-21(14-12-20)27(28(32)30-22-8-5-6-9-22)31(29(33)25-10-7-17-36-25)23-15-16-24(34-3)26(18-23)35-4/h7,10-19,22,27H,5-6,8-9H2,1-4H3,(H,30,32)/t27-/m0/s1. The number of nitrogens with zero attached hydrogens (tertiary/aromatic N) is 1. The number of methoxy groups -OCH3 is 2. The van der Waals surface area contributed by atoms with Gasteiger partial charge in [0.1, 0.15) is 6.04 Å². The first-order valence-corrected chi connectivity index (χ1v) is 12.4. The smallest absolute Gasteiger partial charge is 0.294 e. The van der Waals surface area contributed by atoms with E-state index < -0.39 is 11.9 Å². The lowest BCUT2D eigenvalue weighted by Crippen LogP contribution is -2.46. The molecule has 1 aliphatic rings. The summed E-state index contributed by atoms with van der Waals surface area (Å²) in [5, 5.41) is 3.20. The highest BCUT2D eigenvalue weighted by Gasteiger charge is 2.36. The lowest BCUT2D eigenvalue weighted by Gasteiger charge is -2.32. The Labute approximate surface area is 212 Å². The fourth-order valence-electron chi connectivity index (χ4n) is 4.71. The zero-order valence-electron chi connectivity index (χ0n) is 21.3. The second-order valence-electron chi connectivity index (χ2n) is 9.41. The van der Waals surface area contributed by atoms with E-state index in [2.05, 4.69) is 19.2 Å². The number of carbonyl (C=O) groups is 2. The largest absolute Gasteiger partial charge is 0.493 e. The summed E-state index contributed by atoms with van der Waals surface area (Å²) in [4.78, 5) is 29.2. The van der Waals surface area contributed by atoms with Gasteiger partial charge in [0, 0.05) is 17.8 Å². The maximum absolute atomic E-state index is 13.9. The predicted molar refractivity (Wildman–Crippen MR) is 139 cm³/mol. The third-order valence-corrected chi connectivity index (χ3v) is 6.72. The number of ether oxygens (including phenoxy) is 2. The monoisotopic (exact) mass is 490 g/mol. The Morgan fingerprint density at radius 2 is 1.61 bits per heavy atom. The lowest BCUT2D eigenvalue weighted by atomic mass is 9.97. The zero-order valence-corrected chi connectivity index (χ0v) is 21.3. The van der Waals surface area contributed by atoms with Crippen LogP contribution in [0, 0.1) is 0 Å². The first-order valence-electron chi connectivity index (χ1n) is 12.4. The van der Waals surface area contributed by atoms with Gasteiger partial charge in [-0.15, -0.1) is 0 Å². The van der Waals surface area contributed by atoms with E-state index in [9.17, 15) is 9.59 Å². The summed E-state index contributed by atoms with van der Waals surface area (Å²) in [6.45, 7) is 4.24. The Morgan fingerprint density at radius 1 is 0.944 bits per heavy atom. The van der Waals surface area contributed by atoms with Crippen molar-refractivity contribution in [2.45, 2.75) is 57.5 Å². The fraction of sp³-hybridized carbons (Fsp3) is 0.379. The van der Waals surface area contributed by atoms with E-state index in [0.29, 0.717) is 28.7 Å². The van der Waals surface area contributed by atoms with Gasteiger partial charge in [0.05, 0.1) is 20.5 Å². The van der Waals surface area contributed by atoms with Crippen LogP contribution in [0.2, 0.25) is 0 Å². The first kappa shape index (κ1) is 25.4. The van der Waals surface area contributed by atoms with Crippen LogP contribution < -0.4 is 19.7 Å². The molecule has 7 nitrogen and oxygen atoms in total. The van der Waals surface area contributed by atoms with Crippen molar-refractivity contribution in [2.24, 2.45) is 0 Å². The molecule has 2 aromatic carbocycles. The molecule has 1 N–H and O–H groups in total. The average molecular weight is 491 g/mol. The Bertz CT molecular complexity index is 1160. The molecule has 0 unspecified atom stereocenters. The highest BCUT2D eigenvalue weighted by molar-refractivity contribution is 6.08. The number of amides is 2. The second kappa shape index (κ2) is 11.3. The maximum Gasteiger partial charge on any atom is 0.294 e. The molecule has 0 spiro atoms. The van der Waals surface area contributed by atoms with Crippen LogP contribution in [0.3, 0.4) is 0 Å². The van der Waals surface area contributed by atoms with Gasteiger partial charge < -0.3 is 19.2 Å². The van der Waals surface area contributed by atoms with Crippen LogP contribution in [0.1, 0.15) is 73.2 Å².